The van der Waals surface area contributed by atoms with E-state index in [-0.39, 0.29) is 30.2 Å². The quantitative estimate of drug-likeness (QED) is 0.512. The van der Waals surface area contributed by atoms with Crippen molar-refractivity contribution >= 4 is 36.0 Å². The molecule has 0 aromatic rings. The lowest BCUT2D eigenvalue weighted by atomic mass is 9.99. The number of nitrogens with two attached hydrogens (primary N) is 1. The average Bonchev–Trinajstić information content (AvgIpc) is 2.35. The number of carbonyl (C=O) groups excluding carboxylic acids is 2. The maximum atomic E-state index is 11.6. The zero-order valence-corrected chi connectivity index (χ0v) is 12.7. The number of ether oxygens (including phenoxy) is 1. The molecule has 5 nitrogen and oxygen atoms in total. The molecular formula is C11H23ClN2O3S. The Morgan fingerprint density at radius 3 is 2.56 bits per heavy atom. The van der Waals surface area contributed by atoms with Crippen molar-refractivity contribution in [3.8, 4) is 0 Å². The highest BCUT2D eigenvalue weighted by atomic mass is 35.5. The second kappa shape index (κ2) is 11.6. The van der Waals surface area contributed by atoms with Gasteiger partial charge in [-0.3, -0.25) is 9.59 Å². The molecule has 0 aromatic heterocycles. The van der Waals surface area contributed by atoms with Gasteiger partial charge < -0.3 is 15.8 Å². The lowest BCUT2D eigenvalue weighted by Gasteiger charge is -2.17. The minimum absolute atomic E-state index is 0. The summed E-state index contributed by atoms with van der Waals surface area (Å²) in [6.45, 7) is 4.48. The largest absolute Gasteiger partial charge is 0.468 e. The highest BCUT2D eigenvalue weighted by molar-refractivity contribution is 7.99. The van der Waals surface area contributed by atoms with E-state index in [9.17, 15) is 9.59 Å². The zero-order chi connectivity index (χ0) is 13.3. The van der Waals surface area contributed by atoms with Crippen LogP contribution >= 0.6 is 24.2 Å². The number of methoxy groups -OCH3 is 1. The first-order chi connectivity index (χ1) is 8.02. The highest BCUT2D eigenvalue weighted by Gasteiger charge is 2.18. The molecule has 2 atom stereocenters. The number of amides is 1. The number of esters is 1. The summed E-state index contributed by atoms with van der Waals surface area (Å²) >= 11 is 1.42. The Morgan fingerprint density at radius 1 is 1.44 bits per heavy atom. The van der Waals surface area contributed by atoms with E-state index >= 15 is 0 Å². The molecule has 0 saturated carbocycles. The van der Waals surface area contributed by atoms with Crippen LogP contribution in [0.2, 0.25) is 0 Å². The molecule has 0 fully saturated rings. The van der Waals surface area contributed by atoms with Crippen LogP contribution in [-0.4, -0.2) is 43.1 Å². The SMILES string of the molecule is CCC(C)C(N)C(=O)NCCSCC(=O)OC.Cl. The predicted octanol–water partition coefficient (Wildman–Crippen LogP) is 0.804. The number of rotatable bonds is 8. The summed E-state index contributed by atoms with van der Waals surface area (Å²) in [4.78, 5) is 22.4. The molecule has 0 aliphatic rings. The summed E-state index contributed by atoms with van der Waals surface area (Å²) in [6, 6.07) is -0.453. The summed E-state index contributed by atoms with van der Waals surface area (Å²) in [5, 5.41) is 2.75. The van der Waals surface area contributed by atoms with Crippen LogP contribution in [-0.2, 0) is 14.3 Å². The van der Waals surface area contributed by atoms with Crippen molar-refractivity contribution in [2.45, 2.75) is 26.3 Å². The van der Waals surface area contributed by atoms with Gasteiger partial charge in [0.05, 0.1) is 18.9 Å². The van der Waals surface area contributed by atoms with Crippen molar-refractivity contribution in [3.63, 3.8) is 0 Å². The number of hydrogen-bond donors (Lipinski definition) is 2. The van der Waals surface area contributed by atoms with E-state index in [1.807, 2.05) is 13.8 Å². The predicted molar refractivity (Wildman–Crippen MR) is 77.0 cm³/mol. The Hall–Kier alpha value is -0.460. The number of hydrogen-bond acceptors (Lipinski definition) is 5. The maximum absolute atomic E-state index is 11.6. The minimum atomic E-state index is -0.453. The van der Waals surface area contributed by atoms with E-state index in [0.29, 0.717) is 18.1 Å². The molecule has 0 radical (unpaired) electrons. The van der Waals surface area contributed by atoms with Gasteiger partial charge in [-0.05, 0) is 5.92 Å². The summed E-state index contributed by atoms with van der Waals surface area (Å²) < 4.78 is 4.49. The molecule has 0 aromatic carbocycles. The third-order valence-electron chi connectivity index (χ3n) is 2.55. The second-order valence-electron chi connectivity index (χ2n) is 3.83. The standard InChI is InChI=1S/C11H22N2O3S.ClH/c1-4-8(2)10(12)11(15)13-5-6-17-7-9(14)16-3;/h8,10H,4-7,12H2,1-3H3,(H,13,15);1H. The third kappa shape index (κ3) is 8.60. The van der Waals surface area contributed by atoms with Crippen LogP contribution in [0.15, 0.2) is 0 Å². The van der Waals surface area contributed by atoms with Gasteiger partial charge in [-0.2, -0.15) is 0 Å². The van der Waals surface area contributed by atoms with Gasteiger partial charge in [0.25, 0.3) is 0 Å². The number of carbonyl (C=O) groups is 2. The Labute approximate surface area is 119 Å². The Morgan fingerprint density at radius 2 is 2.06 bits per heavy atom. The second-order valence-corrected chi connectivity index (χ2v) is 4.94. The average molecular weight is 299 g/mol. The van der Waals surface area contributed by atoms with Gasteiger partial charge in [0.1, 0.15) is 0 Å². The monoisotopic (exact) mass is 298 g/mol. The van der Waals surface area contributed by atoms with Gasteiger partial charge >= 0.3 is 5.97 Å². The fourth-order valence-electron chi connectivity index (χ4n) is 1.09. The summed E-state index contributed by atoms with van der Waals surface area (Å²) in [6.07, 6.45) is 0.881. The molecule has 108 valence electrons. The summed E-state index contributed by atoms with van der Waals surface area (Å²) in [5.41, 5.74) is 5.76. The van der Waals surface area contributed by atoms with Gasteiger partial charge in [0.2, 0.25) is 5.91 Å². The van der Waals surface area contributed by atoms with Gasteiger partial charge in [0, 0.05) is 12.3 Å². The van der Waals surface area contributed by atoms with Crippen LogP contribution in [0, 0.1) is 5.92 Å². The van der Waals surface area contributed by atoms with Gasteiger partial charge in [-0.15, -0.1) is 24.2 Å². The Balaban J connectivity index is 0. The van der Waals surface area contributed by atoms with Crippen LogP contribution in [0.1, 0.15) is 20.3 Å². The van der Waals surface area contributed by atoms with Crippen molar-refractivity contribution in [2.75, 3.05) is 25.2 Å². The van der Waals surface area contributed by atoms with E-state index in [1.165, 1.54) is 18.9 Å². The minimum Gasteiger partial charge on any atom is -0.468 e. The number of nitrogens with one attached hydrogen (secondary N) is 1. The molecule has 0 aliphatic carbocycles. The van der Waals surface area contributed by atoms with Crippen molar-refractivity contribution in [2.24, 2.45) is 11.7 Å². The van der Waals surface area contributed by atoms with Crippen molar-refractivity contribution in [1.82, 2.24) is 5.32 Å². The first-order valence-corrected chi connectivity index (χ1v) is 6.86. The van der Waals surface area contributed by atoms with Crippen molar-refractivity contribution in [3.05, 3.63) is 0 Å². The summed E-state index contributed by atoms with van der Waals surface area (Å²) in [5.74, 6) is 0.783. The van der Waals surface area contributed by atoms with E-state index in [0.717, 1.165) is 6.42 Å². The molecule has 7 heteroatoms. The number of thioether (sulfide) groups is 1. The van der Waals surface area contributed by atoms with Crippen LogP contribution in [0.4, 0.5) is 0 Å². The Kier molecular flexibility index (Phi) is 12.8. The van der Waals surface area contributed by atoms with Crippen LogP contribution < -0.4 is 11.1 Å². The van der Waals surface area contributed by atoms with Gasteiger partial charge in [-0.25, -0.2) is 0 Å². The zero-order valence-electron chi connectivity index (χ0n) is 11.1. The third-order valence-corrected chi connectivity index (χ3v) is 3.49. The lowest BCUT2D eigenvalue weighted by molar-refractivity contribution is -0.137. The molecule has 0 bridgehead atoms. The first-order valence-electron chi connectivity index (χ1n) is 5.70. The fourth-order valence-corrected chi connectivity index (χ4v) is 1.77. The molecule has 0 aliphatic heterocycles. The normalized spacial score (nSPS) is 13.1. The van der Waals surface area contributed by atoms with Crippen LogP contribution in [0.5, 0.6) is 0 Å². The van der Waals surface area contributed by atoms with Gasteiger partial charge in [-0.1, -0.05) is 20.3 Å². The molecular weight excluding hydrogens is 276 g/mol. The highest BCUT2D eigenvalue weighted by Crippen LogP contribution is 2.05. The first kappa shape index (κ1) is 19.9. The van der Waals surface area contributed by atoms with E-state index in [1.54, 1.807) is 0 Å². The van der Waals surface area contributed by atoms with E-state index < -0.39 is 6.04 Å². The molecule has 0 heterocycles. The van der Waals surface area contributed by atoms with Crippen molar-refractivity contribution in [1.29, 1.82) is 0 Å². The Bertz CT molecular complexity index is 254. The maximum Gasteiger partial charge on any atom is 0.315 e. The van der Waals surface area contributed by atoms with Crippen LogP contribution in [0.3, 0.4) is 0 Å². The number of halogens is 1. The topological polar surface area (TPSA) is 81.4 Å². The lowest BCUT2D eigenvalue weighted by Crippen LogP contribution is -2.45. The fraction of sp³-hybridized carbons (Fsp3) is 0.818. The molecule has 1 amide bonds. The van der Waals surface area contributed by atoms with E-state index in [4.69, 9.17) is 5.73 Å². The summed E-state index contributed by atoms with van der Waals surface area (Å²) in [7, 11) is 1.36. The smallest absolute Gasteiger partial charge is 0.315 e. The molecule has 0 spiro atoms. The molecule has 18 heavy (non-hydrogen) atoms. The van der Waals surface area contributed by atoms with Gasteiger partial charge in [0.15, 0.2) is 0 Å². The van der Waals surface area contributed by atoms with Crippen LogP contribution in [0.25, 0.3) is 0 Å². The molecule has 2 unspecified atom stereocenters. The molecule has 0 saturated heterocycles. The molecule has 3 N–H and O–H groups in total. The van der Waals surface area contributed by atoms with E-state index in [2.05, 4.69) is 10.1 Å². The molecule has 0 rings (SSSR count). The van der Waals surface area contributed by atoms with Crippen molar-refractivity contribution < 1.29 is 14.3 Å².